The Morgan fingerprint density at radius 1 is 1.00 bits per heavy atom. The topological polar surface area (TPSA) is 96.0 Å². The highest BCUT2D eigenvalue weighted by molar-refractivity contribution is 9.11. The molecule has 8 nitrogen and oxygen atoms in total. The Morgan fingerprint density at radius 3 is 2.50 bits per heavy atom. The maximum atomic E-state index is 13.6. The average molecular weight is 759 g/mol. The van der Waals surface area contributed by atoms with Crippen molar-refractivity contribution in [2.45, 2.75) is 0 Å². The molecule has 0 aliphatic rings. The SMILES string of the molecule is COc1ccc(Cl)cc1C(=O)Oc1c(Br)cc(Br)cc1C=NNC(=O)c1[nH]c2ccc(N(C)C)cc2c1-c1ccccc1Cl. The zero-order chi connectivity index (χ0) is 31.5. The van der Waals surface area contributed by atoms with E-state index in [2.05, 4.69) is 47.4 Å². The molecule has 0 saturated carbocycles. The molecule has 0 atom stereocenters. The highest BCUT2D eigenvalue weighted by Gasteiger charge is 2.22. The molecule has 4 aromatic carbocycles. The minimum atomic E-state index is -0.689. The highest BCUT2D eigenvalue weighted by Crippen LogP contribution is 2.38. The molecule has 0 aliphatic heterocycles. The first-order valence-corrected chi connectivity index (χ1v) is 15.4. The van der Waals surface area contributed by atoms with Gasteiger partial charge >= 0.3 is 5.97 Å². The Bertz CT molecular complexity index is 1940. The van der Waals surface area contributed by atoms with Crippen LogP contribution >= 0.6 is 55.1 Å². The van der Waals surface area contributed by atoms with Crippen LogP contribution in [-0.4, -0.2) is 44.3 Å². The lowest BCUT2D eigenvalue weighted by Crippen LogP contribution is -2.19. The van der Waals surface area contributed by atoms with Crippen molar-refractivity contribution in [2.75, 3.05) is 26.1 Å². The van der Waals surface area contributed by atoms with Gasteiger partial charge in [-0.1, -0.05) is 57.3 Å². The van der Waals surface area contributed by atoms with Crippen LogP contribution in [0.4, 0.5) is 5.69 Å². The van der Waals surface area contributed by atoms with Gasteiger partial charge in [0.25, 0.3) is 5.91 Å². The predicted octanol–water partition coefficient (Wildman–Crippen LogP) is 8.72. The number of esters is 1. The van der Waals surface area contributed by atoms with Gasteiger partial charge in [-0.15, -0.1) is 0 Å². The zero-order valence-electron chi connectivity index (χ0n) is 23.5. The Hall–Kier alpha value is -3.83. The number of benzene rings is 4. The van der Waals surface area contributed by atoms with E-state index in [4.69, 9.17) is 32.7 Å². The van der Waals surface area contributed by atoms with Crippen LogP contribution in [0.1, 0.15) is 26.4 Å². The number of hydrazone groups is 1. The van der Waals surface area contributed by atoms with E-state index in [9.17, 15) is 9.59 Å². The van der Waals surface area contributed by atoms with E-state index in [0.717, 1.165) is 16.6 Å². The number of nitrogens with one attached hydrogen (secondary N) is 2. The van der Waals surface area contributed by atoms with Crippen LogP contribution in [0, 0.1) is 0 Å². The molecule has 1 amide bonds. The van der Waals surface area contributed by atoms with Crippen molar-refractivity contribution >= 4 is 89.7 Å². The summed E-state index contributed by atoms with van der Waals surface area (Å²) in [5, 5.41) is 5.88. The molecule has 5 aromatic rings. The number of hydrogen-bond acceptors (Lipinski definition) is 6. The van der Waals surface area contributed by atoms with Crippen LogP contribution in [0.15, 0.2) is 86.8 Å². The zero-order valence-corrected chi connectivity index (χ0v) is 28.2. The summed E-state index contributed by atoms with van der Waals surface area (Å²) in [5.41, 5.74) is 6.51. The number of methoxy groups -OCH3 is 1. The van der Waals surface area contributed by atoms with E-state index in [1.54, 1.807) is 30.3 Å². The summed E-state index contributed by atoms with van der Waals surface area (Å²) in [6, 6.07) is 21.3. The molecule has 1 aromatic heterocycles. The lowest BCUT2D eigenvalue weighted by atomic mass is 10.0. The molecule has 0 saturated heterocycles. The summed E-state index contributed by atoms with van der Waals surface area (Å²) in [7, 11) is 5.34. The minimum Gasteiger partial charge on any atom is -0.496 e. The molecule has 44 heavy (non-hydrogen) atoms. The van der Waals surface area contributed by atoms with E-state index in [0.29, 0.717) is 41.4 Å². The number of aromatic amines is 1. The second-order valence-corrected chi connectivity index (χ2v) is 12.3. The number of rotatable bonds is 8. The van der Waals surface area contributed by atoms with Crippen molar-refractivity contribution in [1.29, 1.82) is 0 Å². The fraction of sp³-hybridized carbons (Fsp3) is 0.0938. The van der Waals surface area contributed by atoms with Crippen LogP contribution in [0.3, 0.4) is 0 Å². The third-order valence-corrected chi connectivity index (χ3v) is 8.26. The molecule has 0 fully saturated rings. The summed E-state index contributed by atoms with van der Waals surface area (Å²) in [6.07, 6.45) is 1.38. The second kappa shape index (κ2) is 13.4. The third-order valence-electron chi connectivity index (χ3n) is 6.65. The number of H-pyrrole nitrogens is 1. The lowest BCUT2D eigenvalue weighted by molar-refractivity contribution is 0.0729. The molecule has 12 heteroatoms. The first-order valence-electron chi connectivity index (χ1n) is 13.0. The number of fused-ring (bicyclic) bond motifs is 1. The molecule has 0 radical (unpaired) electrons. The Balaban J connectivity index is 1.48. The van der Waals surface area contributed by atoms with Gasteiger partial charge in [0.15, 0.2) is 5.75 Å². The number of carbonyl (C=O) groups is 2. The number of amides is 1. The summed E-state index contributed by atoms with van der Waals surface area (Å²) in [5.74, 6) is -0.696. The van der Waals surface area contributed by atoms with Crippen molar-refractivity contribution in [1.82, 2.24) is 10.4 Å². The van der Waals surface area contributed by atoms with Gasteiger partial charge in [0.2, 0.25) is 0 Å². The number of hydrogen-bond donors (Lipinski definition) is 2. The predicted molar refractivity (Wildman–Crippen MR) is 183 cm³/mol. The highest BCUT2D eigenvalue weighted by atomic mass is 79.9. The quantitative estimate of drug-likeness (QED) is 0.0715. The first kappa shape index (κ1) is 31.6. The monoisotopic (exact) mass is 756 g/mol. The van der Waals surface area contributed by atoms with Crippen LogP contribution < -0.4 is 19.8 Å². The third kappa shape index (κ3) is 6.63. The maximum absolute atomic E-state index is 13.6. The van der Waals surface area contributed by atoms with Crippen molar-refractivity contribution in [3.63, 3.8) is 0 Å². The van der Waals surface area contributed by atoms with Gasteiger partial charge in [-0.2, -0.15) is 5.10 Å². The molecule has 1 heterocycles. The first-order chi connectivity index (χ1) is 21.1. The summed E-state index contributed by atoms with van der Waals surface area (Å²) >= 11 is 19.6. The van der Waals surface area contributed by atoms with Crippen LogP contribution in [0.5, 0.6) is 11.5 Å². The van der Waals surface area contributed by atoms with E-state index in [1.807, 2.05) is 55.4 Å². The van der Waals surface area contributed by atoms with Gasteiger partial charge in [0, 0.05) is 61.9 Å². The number of ether oxygens (including phenoxy) is 2. The molecule has 0 bridgehead atoms. The van der Waals surface area contributed by atoms with Gasteiger partial charge in [0.1, 0.15) is 17.0 Å². The van der Waals surface area contributed by atoms with Crippen molar-refractivity contribution in [2.24, 2.45) is 5.10 Å². The molecule has 0 spiro atoms. The normalized spacial score (nSPS) is 11.2. The van der Waals surface area contributed by atoms with E-state index in [-0.39, 0.29) is 17.0 Å². The molecule has 0 unspecified atom stereocenters. The average Bonchev–Trinajstić information content (AvgIpc) is 3.37. The second-order valence-electron chi connectivity index (χ2n) is 9.72. The van der Waals surface area contributed by atoms with Crippen molar-refractivity contribution in [3.8, 4) is 22.6 Å². The van der Waals surface area contributed by atoms with Gasteiger partial charge in [-0.05, 0) is 70.5 Å². The molecule has 5 rings (SSSR count). The number of nitrogens with zero attached hydrogens (tertiary/aromatic N) is 2. The van der Waals surface area contributed by atoms with Crippen molar-refractivity contribution in [3.05, 3.63) is 109 Å². The largest absolute Gasteiger partial charge is 0.496 e. The molecule has 224 valence electrons. The van der Waals surface area contributed by atoms with Gasteiger partial charge < -0.3 is 19.4 Å². The van der Waals surface area contributed by atoms with Crippen LogP contribution in [0.25, 0.3) is 22.0 Å². The summed E-state index contributed by atoms with van der Waals surface area (Å²) in [6.45, 7) is 0. The Labute approximate surface area is 280 Å². The van der Waals surface area contributed by atoms with Gasteiger partial charge in [-0.25, -0.2) is 10.2 Å². The van der Waals surface area contributed by atoms with E-state index >= 15 is 0 Å². The minimum absolute atomic E-state index is 0.148. The standard InChI is InChI=1S/C32H24Br2Cl2N4O4/c1-40(2)20-9-10-26-22(15-20)28(21-6-4-5-7-25(21)36)29(38-26)31(41)39-37-16-17-12-18(33)13-24(34)30(17)44-32(42)23-14-19(35)8-11-27(23)43-3/h4-16,38H,1-3H3,(H,39,41). The Morgan fingerprint density at radius 2 is 1.77 bits per heavy atom. The van der Waals surface area contributed by atoms with Crippen LogP contribution in [-0.2, 0) is 0 Å². The molecule has 0 aliphatic carbocycles. The molecular weight excluding hydrogens is 735 g/mol. The fourth-order valence-corrected chi connectivity index (χ4v) is 6.30. The lowest BCUT2D eigenvalue weighted by Gasteiger charge is -2.13. The molecular formula is C32H24Br2Cl2N4O4. The fourth-order valence-electron chi connectivity index (χ4n) is 4.56. The van der Waals surface area contributed by atoms with Crippen LogP contribution in [0.2, 0.25) is 10.0 Å². The number of halogens is 4. The van der Waals surface area contributed by atoms with Gasteiger partial charge in [0.05, 0.1) is 17.8 Å². The van der Waals surface area contributed by atoms with Gasteiger partial charge in [-0.3, -0.25) is 4.79 Å². The van der Waals surface area contributed by atoms with E-state index in [1.165, 1.54) is 19.4 Å². The number of aromatic nitrogens is 1. The Kier molecular flexibility index (Phi) is 9.65. The van der Waals surface area contributed by atoms with E-state index < -0.39 is 11.9 Å². The number of anilines is 1. The molecule has 2 N–H and O–H groups in total. The number of carbonyl (C=O) groups excluding carboxylic acids is 2. The summed E-state index contributed by atoms with van der Waals surface area (Å²) < 4.78 is 12.2. The maximum Gasteiger partial charge on any atom is 0.347 e. The smallest absolute Gasteiger partial charge is 0.347 e. The summed E-state index contributed by atoms with van der Waals surface area (Å²) in [4.78, 5) is 31.9. The van der Waals surface area contributed by atoms with Crippen molar-refractivity contribution < 1.29 is 19.1 Å².